The Labute approximate surface area is 153 Å². The number of rotatable bonds is 8. The first-order valence-electron chi connectivity index (χ1n) is 7.23. The molecule has 27 heavy (non-hydrogen) atoms. The summed E-state index contributed by atoms with van der Waals surface area (Å²) >= 11 is 0. The normalized spacial score (nSPS) is 11.0. The van der Waals surface area contributed by atoms with Crippen LogP contribution in [-0.4, -0.2) is 32.5 Å². The van der Waals surface area contributed by atoms with Crippen molar-refractivity contribution in [2.75, 3.05) is 14.2 Å². The van der Waals surface area contributed by atoms with Crippen LogP contribution in [0, 0.1) is 20.2 Å². The van der Waals surface area contributed by atoms with Crippen molar-refractivity contribution in [2.45, 2.75) is 11.5 Å². The van der Waals surface area contributed by atoms with Gasteiger partial charge in [-0.3, -0.25) is 24.4 Å². The molecule has 2 aromatic rings. The number of ether oxygens (including phenoxy) is 2. The highest BCUT2D eigenvalue weighted by Gasteiger charge is 2.30. The first kappa shape index (κ1) is 20.1. The Morgan fingerprint density at radius 1 is 0.963 bits per heavy atom. The number of nitro benzene ring substituents is 2. The van der Waals surface area contributed by atoms with E-state index in [0.717, 1.165) is 12.1 Å². The van der Waals surface area contributed by atoms with Crippen LogP contribution in [-0.2, 0) is 20.9 Å². The average Bonchev–Trinajstić information content (AvgIpc) is 2.65. The van der Waals surface area contributed by atoms with Crippen molar-refractivity contribution >= 4 is 21.5 Å². The highest BCUT2D eigenvalue weighted by molar-refractivity contribution is 7.86. The van der Waals surface area contributed by atoms with Crippen LogP contribution in [0.3, 0.4) is 0 Å². The number of hydrogen-bond acceptors (Lipinski definition) is 9. The van der Waals surface area contributed by atoms with E-state index in [1.807, 2.05) is 0 Å². The molecular weight excluding hydrogens is 384 g/mol. The van der Waals surface area contributed by atoms with Crippen molar-refractivity contribution in [2.24, 2.45) is 0 Å². The number of benzene rings is 2. The number of nitrogens with zero attached hydrogens (tertiary/aromatic N) is 2. The van der Waals surface area contributed by atoms with Gasteiger partial charge in [0.25, 0.3) is 11.4 Å². The summed E-state index contributed by atoms with van der Waals surface area (Å²) in [6, 6.07) is 6.89. The van der Waals surface area contributed by atoms with Gasteiger partial charge in [0.05, 0.1) is 42.3 Å². The molecule has 0 saturated heterocycles. The fourth-order valence-electron chi connectivity index (χ4n) is 2.24. The van der Waals surface area contributed by atoms with Gasteiger partial charge in [0.15, 0.2) is 4.90 Å². The first-order valence-corrected chi connectivity index (χ1v) is 8.64. The van der Waals surface area contributed by atoms with Crippen LogP contribution >= 0.6 is 0 Å². The number of methoxy groups -OCH3 is 2. The van der Waals surface area contributed by atoms with Crippen molar-refractivity contribution in [3.63, 3.8) is 0 Å². The molecule has 0 aliphatic carbocycles. The fraction of sp³-hybridized carbons (Fsp3) is 0.200. The molecule has 0 unspecified atom stereocenters. The minimum atomic E-state index is -4.60. The van der Waals surface area contributed by atoms with Crippen molar-refractivity contribution in [3.05, 3.63) is 62.2 Å². The molecule has 0 N–H and O–H groups in total. The lowest BCUT2D eigenvalue weighted by atomic mass is 10.2. The van der Waals surface area contributed by atoms with Crippen LogP contribution in [0.2, 0.25) is 0 Å². The van der Waals surface area contributed by atoms with Gasteiger partial charge in [-0.05, 0) is 18.2 Å². The second kappa shape index (κ2) is 7.97. The molecule has 0 bridgehead atoms. The first-order chi connectivity index (χ1) is 12.7. The quantitative estimate of drug-likeness (QED) is 0.371. The van der Waals surface area contributed by atoms with E-state index >= 15 is 0 Å². The Morgan fingerprint density at radius 2 is 1.56 bits per heavy atom. The summed E-state index contributed by atoms with van der Waals surface area (Å²) in [5, 5.41) is 21.9. The van der Waals surface area contributed by atoms with Gasteiger partial charge >= 0.3 is 10.1 Å². The average molecular weight is 398 g/mol. The molecule has 0 aliphatic rings. The summed E-state index contributed by atoms with van der Waals surface area (Å²) in [4.78, 5) is 19.2. The third-order valence-electron chi connectivity index (χ3n) is 3.51. The molecule has 0 aromatic heterocycles. The van der Waals surface area contributed by atoms with E-state index in [0.29, 0.717) is 17.6 Å². The third-order valence-corrected chi connectivity index (χ3v) is 4.82. The molecule has 0 radical (unpaired) electrons. The zero-order valence-corrected chi connectivity index (χ0v) is 15.0. The molecular formula is C15H14N2O9S. The monoisotopic (exact) mass is 398 g/mol. The second-order valence-electron chi connectivity index (χ2n) is 5.02. The van der Waals surface area contributed by atoms with Crippen molar-refractivity contribution < 1.29 is 31.9 Å². The van der Waals surface area contributed by atoms with Crippen LogP contribution in [0.15, 0.2) is 41.3 Å². The SMILES string of the molecule is COc1cccc(OC)c1COS(=O)(=O)c1ccc([N+](=O)[O-])cc1[N+](=O)[O-]. The van der Waals surface area contributed by atoms with Gasteiger partial charge in [0.2, 0.25) is 0 Å². The molecule has 2 aromatic carbocycles. The van der Waals surface area contributed by atoms with Gasteiger partial charge in [-0.25, -0.2) is 0 Å². The lowest BCUT2D eigenvalue weighted by molar-refractivity contribution is -0.396. The maximum atomic E-state index is 12.4. The zero-order valence-electron chi connectivity index (χ0n) is 14.1. The molecule has 144 valence electrons. The molecule has 0 fully saturated rings. The van der Waals surface area contributed by atoms with Crippen LogP contribution in [0.25, 0.3) is 0 Å². The standard InChI is InChI=1S/C15H14N2O9S/c1-24-13-4-3-5-14(25-2)11(13)9-26-27(22,23)15-7-6-10(16(18)19)8-12(15)17(20)21/h3-8H,9H2,1-2H3. The van der Waals surface area contributed by atoms with Crippen molar-refractivity contribution in [1.82, 2.24) is 0 Å². The predicted octanol–water partition coefficient (Wildman–Crippen LogP) is 2.43. The second-order valence-corrected chi connectivity index (χ2v) is 6.61. The Kier molecular flexibility index (Phi) is 5.92. The minimum absolute atomic E-state index is 0.274. The van der Waals surface area contributed by atoms with E-state index in [-0.39, 0.29) is 5.56 Å². The Bertz CT molecular complexity index is 967. The Hall–Kier alpha value is -3.25. The largest absolute Gasteiger partial charge is 0.496 e. The summed E-state index contributed by atoms with van der Waals surface area (Å²) in [5.74, 6) is 0.588. The third kappa shape index (κ3) is 4.30. The molecule has 0 aliphatic heterocycles. The minimum Gasteiger partial charge on any atom is -0.496 e. The molecule has 0 spiro atoms. The molecule has 12 heteroatoms. The summed E-state index contributed by atoms with van der Waals surface area (Å²) in [7, 11) is -1.86. The predicted molar refractivity (Wildman–Crippen MR) is 91.3 cm³/mol. The highest BCUT2D eigenvalue weighted by Crippen LogP contribution is 2.33. The fourth-order valence-corrected chi connectivity index (χ4v) is 3.27. The molecule has 2 rings (SSSR count). The summed E-state index contributed by atoms with van der Waals surface area (Å²) in [6.45, 7) is -0.524. The smallest absolute Gasteiger partial charge is 0.304 e. The molecule has 0 amide bonds. The van der Waals surface area contributed by atoms with Crippen molar-refractivity contribution in [3.8, 4) is 11.5 Å². The Balaban J connectivity index is 2.41. The maximum absolute atomic E-state index is 12.4. The van der Waals surface area contributed by atoms with E-state index < -0.39 is 42.8 Å². The van der Waals surface area contributed by atoms with E-state index in [9.17, 15) is 28.6 Å². The van der Waals surface area contributed by atoms with Crippen LogP contribution in [0.5, 0.6) is 11.5 Å². The van der Waals surface area contributed by atoms with Crippen molar-refractivity contribution in [1.29, 1.82) is 0 Å². The lowest BCUT2D eigenvalue weighted by Crippen LogP contribution is -2.10. The van der Waals surface area contributed by atoms with E-state index in [4.69, 9.17) is 13.7 Å². The van der Waals surface area contributed by atoms with Gasteiger partial charge < -0.3 is 9.47 Å². The number of nitro groups is 2. The van der Waals surface area contributed by atoms with Crippen LogP contribution in [0.1, 0.15) is 5.56 Å². The number of non-ortho nitro benzene ring substituents is 1. The zero-order chi connectivity index (χ0) is 20.2. The van der Waals surface area contributed by atoms with Crippen LogP contribution < -0.4 is 9.47 Å². The highest BCUT2D eigenvalue weighted by atomic mass is 32.2. The molecule has 11 nitrogen and oxygen atoms in total. The van der Waals surface area contributed by atoms with E-state index in [2.05, 4.69) is 0 Å². The van der Waals surface area contributed by atoms with E-state index in [1.165, 1.54) is 14.2 Å². The topological polar surface area (TPSA) is 148 Å². The molecule has 0 atom stereocenters. The Morgan fingerprint density at radius 3 is 2.04 bits per heavy atom. The molecule has 0 saturated carbocycles. The van der Waals surface area contributed by atoms with Gasteiger partial charge in [-0.2, -0.15) is 8.42 Å². The number of hydrogen-bond donors (Lipinski definition) is 0. The van der Waals surface area contributed by atoms with E-state index in [1.54, 1.807) is 18.2 Å². The lowest BCUT2D eigenvalue weighted by Gasteiger charge is -2.13. The molecule has 0 heterocycles. The summed E-state index contributed by atoms with van der Waals surface area (Å²) in [5.41, 5.74) is -1.31. The summed E-state index contributed by atoms with van der Waals surface area (Å²) in [6.07, 6.45) is 0. The maximum Gasteiger partial charge on any atom is 0.304 e. The van der Waals surface area contributed by atoms with Gasteiger partial charge in [0.1, 0.15) is 11.5 Å². The summed E-state index contributed by atoms with van der Waals surface area (Å²) < 4.78 is 40.0. The van der Waals surface area contributed by atoms with Gasteiger partial charge in [-0.15, -0.1) is 0 Å². The van der Waals surface area contributed by atoms with Gasteiger partial charge in [-0.1, -0.05) is 6.07 Å². The van der Waals surface area contributed by atoms with Crippen LogP contribution in [0.4, 0.5) is 11.4 Å². The van der Waals surface area contributed by atoms with Gasteiger partial charge in [0, 0.05) is 6.07 Å².